The summed E-state index contributed by atoms with van der Waals surface area (Å²) in [5.41, 5.74) is 1.95. The van der Waals surface area contributed by atoms with Crippen molar-refractivity contribution in [3.63, 3.8) is 0 Å². The molecule has 0 unspecified atom stereocenters. The van der Waals surface area contributed by atoms with E-state index in [2.05, 4.69) is 5.10 Å². The smallest absolute Gasteiger partial charge is 0.342 e. The molecule has 3 aromatic carbocycles. The molecule has 0 bridgehead atoms. The van der Waals surface area contributed by atoms with Crippen LogP contribution in [0.4, 0.5) is 4.39 Å². The van der Waals surface area contributed by atoms with Crippen LogP contribution in [0.3, 0.4) is 0 Å². The molecule has 34 heavy (non-hydrogen) atoms. The Morgan fingerprint density at radius 1 is 0.912 bits per heavy atom. The first-order valence-corrected chi connectivity index (χ1v) is 10.3. The highest BCUT2D eigenvalue weighted by molar-refractivity contribution is 6.02. The number of ketones is 1. The van der Waals surface area contributed by atoms with Gasteiger partial charge in [-0.1, -0.05) is 24.3 Å². The van der Waals surface area contributed by atoms with Crippen LogP contribution in [0.5, 0.6) is 11.5 Å². The van der Waals surface area contributed by atoms with Crippen LogP contribution < -0.4 is 9.47 Å². The molecule has 4 aromatic rings. The van der Waals surface area contributed by atoms with Crippen molar-refractivity contribution in [3.8, 4) is 28.4 Å². The van der Waals surface area contributed by atoms with E-state index >= 15 is 0 Å². The molecule has 0 aliphatic carbocycles. The van der Waals surface area contributed by atoms with E-state index in [1.807, 2.05) is 0 Å². The van der Waals surface area contributed by atoms with Gasteiger partial charge in [0, 0.05) is 11.8 Å². The molecule has 0 fully saturated rings. The van der Waals surface area contributed by atoms with E-state index in [1.165, 1.54) is 49.4 Å². The maximum atomic E-state index is 13.4. The van der Waals surface area contributed by atoms with Gasteiger partial charge in [0.05, 0.1) is 25.5 Å². The number of benzene rings is 3. The van der Waals surface area contributed by atoms with E-state index in [0.29, 0.717) is 34.0 Å². The number of para-hydroxylation sites is 1. The Morgan fingerprint density at radius 3 is 2.41 bits per heavy atom. The van der Waals surface area contributed by atoms with Gasteiger partial charge < -0.3 is 14.2 Å². The van der Waals surface area contributed by atoms with Crippen molar-refractivity contribution in [1.82, 2.24) is 9.78 Å². The zero-order valence-corrected chi connectivity index (χ0v) is 18.5. The number of hydrogen-bond acceptors (Lipinski definition) is 6. The van der Waals surface area contributed by atoms with Crippen LogP contribution in [-0.4, -0.2) is 42.4 Å². The Labute approximate surface area is 195 Å². The molecule has 0 spiro atoms. The molecule has 0 aliphatic heterocycles. The molecule has 0 saturated carbocycles. The SMILES string of the molecule is COc1cccc(-c2nn(-c3ccc(F)cc3)cc2C(=O)OCC(=O)c2ccccc2OC)c1. The van der Waals surface area contributed by atoms with Crippen molar-refractivity contribution < 1.29 is 28.2 Å². The van der Waals surface area contributed by atoms with Gasteiger partial charge in [0.15, 0.2) is 6.61 Å². The number of halogens is 1. The van der Waals surface area contributed by atoms with Crippen LogP contribution in [0.15, 0.2) is 79.0 Å². The van der Waals surface area contributed by atoms with E-state index in [9.17, 15) is 14.0 Å². The predicted octanol–water partition coefficient (Wildman–Crippen LogP) is 4.74. The molecule has 7 nitrogen and oxygen atoms in total. The normalized spacial score (nSPS) is 10.6. The highest BCUT2D eigenvalue weighted by atomic mass is 19.1. The quantitative estimate of drug-likeness (QED) is 0.279. The summed E-state index contributed by atoms with van der Waals surface area (Å²) in [5, 5.41) is 4.52. The number of carbonyl (C=O) groups is 2. The molecule has 0 saturated heterocycles. The fourth-order valence-electron chi connectivity index (χ4n) is 3.39. The summed E-state index contributed by atoms with van der Waals surface area (Å²) in [7, 11) is 3.00. The number of carbonyl (C=O) groups excluding carboxylic acids is 2. The van der Waals surface area contributed by atoms with E-state index in [-0.39, 0.29) is 5.56 Å². The second-order valence-electron chi connectivity index (χ2n) is 7.24. The number of nitrogens with zero attached hydrogens (tertiary/aromatic N) is 2. The number of Topliss-reactive ketones (excluding diaryl/α,β-unsaturated/α-hetero) is 1. The fraction of sp³-hybridized carbons (Fsp3) is 0.115. The molecule has 0 atom stereocenters. The van der Waals surface area contributed by atoms with E-state index in [4.69, 9.17) is 14.2 Å². The molecule has 0 N–H and O–H groups in total. The molecule has 172 valence electrons. The Bertz CT molecular complexity index is 1330. The average molecular weight is 460 g/mol. The number of methoxy groups -OCH3 is 2. The van der Waals surface area contributed by atoms with E-state index in [0.717, 1.165) is 0 Å². The molecule has 1 heterocycles. The Balaban J connectivity index is 1.65. The van der Waals surface area contributed by atoms with Crippen LogP contribution in [0.2, 0.25) is 0 Å². The Hall–Kier alpha value is -4.46. The van der Waals surface area contributed by atoms with Gasteiger partial charge in [0.2, 0.25) is 5.78 Å². The zero-order valence-electron chi connectivity index (χ0n) is 18.5. The van der Waals surface area contributed by atoms with Crippen molar-refractivity contribution in [1.29, 1.82) is 0 Å². The zero-order chi connectivity index (χ0) is 24.1. The second kappa shape index (κ2) is 9.99. The summed E-state index contributed by atoms with van der Waals surface area (Å²) in [5.74, 6) is -0.545. The molecule has 8 heteroatoms. The first-order valence-electron chi connectivity index (χ1n) is 10.3. The molecular weight excluding hydrogens is 439 g/mol. The summed E-state index contributed by atoms with van der Waals surface area (Å²) in [4.78, 5) is 25.7. The number of hydrogen-bond donors (Lipinski definition) is 0. The van der Waals surface area contributed by atoms with Crippen molar-refractivity contribution >= 4 is 11.8 Å². The van der Waals surface area contributed by atoms with Gasteiger partial charge in [0.25, 0.3) is 0 Å². The highest BCUT2D eigenvalue weighted by Crippen LogP contribution is 2.28. The van der Waals surface area contributed by atoms with Gasteiger partial charge in [0.1, 0.15) is 28.6 Å². The van der Waals surface area contributed by atoms with Crippen molar-refractivity contribution in [3.05, 3.63) is 95.9 Å². The van der Waals surface area contributed by atoms with Gasteiger partial charge in [-0.25, -0.2) is 13.9 Å². The molecule has 4 rings (SSSR count). The fourth-order valence-corrected chi connectivity index (χ4v) is 3.39. The van der Waals surface area contributed by atoms with Gasteiger partial charge in [-0.15, -0.1) is 0 Å². The lowest BCUT2D eigenvalue weighted by molar-refractivity contribution is 0.0474. The summed E-state index contributed by atoms with van der Waals surface area (Å²) < 4.78 is 30.7. The second-order valence-corrected chi connectivity index (χ2v) is 7.24. The van der Waals surface area contributed by atoms with Gasteiger partial charge in [-0.3, -0.25) is 4.79 Å². The van der Waals surface area contributed by atoms with E-state index in [1.54, 1.807) is 48.5 Å². The standard InChI is InChI=1S/C26H21FN2O5/c1-32-20-7-5-6-17(14-20)25-22(15-29(28-25)19-12-10-18(27)11-13-19)26(31)34-16-23(30)21-8-3-4-9-24(21)33-2/h3-15H,16H2,1-2H3. The lowest BCUT2D eigenvalue weighted by Crippen LogP contribution is -2.15. The minimum absolute atomic E-state index is 0.144. The van der Waals surface area contributed by atoms with Crippen molar-refractivity contribution in [2.45, 2.75) is 0 Å². The van der Waals surface area contributed by atoms with Crippen LogP contribution in [-0.2, 0) is 4.74 Å². The third-order valence-electron chi connectivity index (χ3n) is 5.11. The van der Waals surface area contributed by atoms with Gasteiger partial charge in [-0.05, 0) is 48.5 Å². The average Bonchev–Trinajstić information content (AvgIpc) is 3.33. The van der Waals surface area contributed by atoms with Crippen molar-refractivity contribution in [2.24, 2.45) is 0 Å². The predicted molar refractivity (Wildman–Crippen MR) is 123 cm³/mol. The maximum absolute atomic E-state index is 13.4. The Morgan fingerprint density at radius 2 is 1.68 bits per heavy atom. The molecule has 0 aliphatic rings. The van der Waals surface area contributed by atoms with Gasteiger partial charge >= 0.3 is 5.97 Å². The van der Waals surface area contributed by atoms with Crippen LogP contribution >= 0.6 is 0 Å². The summed E-state index contributed by atoms with van der Waals surface area (Å²) in [6, 6.07) is 19.4. The molecule has 1 aromatic heterocycles. The number of ether oxygens (including phenoxy) is 3. The summed E-state index contributed by atoms with van der Waals surface area (Å²) in [6.07, 6.45) is 1.48. The van der Waals surface area contributed by atoms with Crippen molar-refractivity contribution in [2.75, 3.05) is 20.8 Å². The Kier molecular flexibility index (Phi) is 6.68. The first-order chi connectivity index (χ1) is 16.5. The topological polar surface area (TPSA) is 79.7 Å². The first kappa shape index (κ1) is 22.7. The van der Waals surface area contributed by atoms with Crippen LogP contribution in [0.1, 0.15) is 20.7 Å². The lowest BCUT2D eigenvalue weighted by atomic mass is 10.1. The monoisotopic (exact) mass is 460 g/mol. The maximum Gasteiger partial charge on any atom is 0.342 e. The minimum Gasteiger partial charge on any atom is -0.497 e. The number of rotatable bonds is 8. The lowest BCUT2D eigenvalue weighted by Gasteiger charge is -2.08. The minimum atomic E-state index is -0.727. The largest absolute Gasteiger partial charge is 0.497 e. The molecular formula is C26H21FN2O5. The highest BCUT2D eigenvalue weighted by Gasteiger charge is 2.22. The number of aromatic nitrogens is 2. The summed E-state index contributed by atoms with van der Waals surface area (Å²) in [6.45, 7) is -0.474. The third-order valence-corrected chi connectivity index (χ3v) is 5.11. The van der Waals surface area contributed by atoms with Gasteiger partial charge in [-0.2, -0.15) is 5.10 Å². The number of esters is 1. The van der Waals surface area contributed by atoms with E-state index < -0.39 is 24.2 Å². The molecule has 0 amide bonds. The summed E-state index contributed by atoms with van der Waals surface area (Å²) >= 11 is 0. The van der Waals surface area contributed by atoms with Crippen LogP contribution in [0.25, 0.3) is 16.9 Å². The molecule has 0 radical (unpaired) electrons. The third kappa shape index (κ3) is 4.80. The van der Waals surface area contributed by atoms with Crippen LogP contribution in [0, 0.1) is 5.82 Å².